The van der Waals surface area contributed by atoms with Crippen molar-refractivity contribution in [3.05, 3.63) is 32.8 Å². The molecule has 118 valence electrons. The zero-order chi connectivity index (χ0) is 14.9. The molecule has 0 amide bonds. The minimum absolute atomic E-state index is 0. The van der Waals surface area contributed by atoms with E-state index in [1.807, 2.05) is 0 Å². The summed E-state index contributed by atoms with van der Waals surface area (Å²) in [5, 5.41) is 10.7. The minimum Gasteiger partial charge on any atom is -0.327 e. The van der Waals surface area contributed by atoms with Crippen molar-refractivity contribution in [1.29, 1.82) is 0 Å². The van der Waals surface area contributed by atoms with Crippen LogP contribution in [-0.2, 0) is 10.0 Å². The van der Waals surface area contributed by atoms with Crippen molar-refractivity contribution in [2.75, 3.05) is 13.1 Å². The Morgan fingerprint density at radius 1 is 1.43 bits per heavy atom. The molecule has 0 radical (unpaired) electrons. The van der Waals surface area contributed by atoms with Crippen LogP contribution < -0.4 is 5.73 Å². The van der Waals surface area contributed by atoms with Gasteiger partial charge in [0, 0.05) is 25.2 Å². The van der Waals surface area contributed by atoms with Crippen LogP contribution in [0.25, 0.3) is 0 Å². The van der Waals surface area contributed by atoms with Gasteiger partial charge in [0.05, 0.1) is 14.3 Å². The number of nitrogens with zero attached hydrogens (tertiary/aromatic N) is 2. The molecule has 1 atom stereocenters. The third-order valence-corrected chi connectivity index (χ3v) is 5.67. The van der Waals surface area contributed by atoms with Crippen molar-refractivity contribution in [2.24, 2.45) is 5.73 Å². The van der Waals surface area contributed by atoms with Crippen molar-refractivity contribution in [3.63, 3.8) is 0 Å². The topological polar surface area (TPSA) is 107 Å². The summed E-state index contributed by atoms with van der Waals surface area (Å²) in [6.45, 7) is 0.696. The highest BCUT2D eigenvalue weighted by molar-refractivity contribution is 9.10. The first-order chi connectivity index (χ1) is 9.32. The van der Waals surface area contributed by atoms with E-state index in [0.29, 0.717) is 13.0 Å². The van der Waals surface area contributed by atoms with E-state index >= 15 is 0 Å². The van der Waals surface area contributed by atoms with E-state index in [1.54, 1.807) is 0 Å². The van der Waals surface area contributed by atoms with E-state index in [0.717, 1.165) is 6.42 Å². The maximum absolute atomic E-state index is 12.4. The predicted octanol–water partition coefficient (Wildman–Crippen LogP) is 1.89. The molecule has 0 aromatic heterocycles. The number of nitrogens with two attached hydrogens (primary N) is 1. The smallest absolute Gasteiger partial charge is 0.283 e. The van der Waals surface area contributed by atoms with E-state index < -0.39 is 14.9 Å². The van der Waals surface area contributed by atoms with Gasteiger partial charge in [-0.15, -0.1) is 12.4 Å². The van der Waals surface area contributed by atoms with E-state index in [2.05, 4.69) is 15.9 Å². The standard InChI is InChI=1S/C11H14BrN3O4S.ClH/c12-10-6-9(3-4-11(10)15(16)17)20(18,19)14-5-1-2-8(13)7-14;/h3-4,6,8H,1-2,5,7,13H2;1H. The molecule has 0 spiro atoms. The second kappa shape index (κ2) is 7.01. The Bertz CT molecular complexity index is 640. The van der Waals surface area contributed by atoms with Gasteiger partial charge in [0.15, 0.2) is 0 Å². The fourth-order valence-electron chi connectivity index (χ4n) is 2.14. The molecule has 21 heavy (non-hydrogen) atoms. The Morgan fingerprint density at radius 2 is 2.10 bits per heavy atom. The summed E-state index contributed by atoms with van der Waals surface area (Å²) in [5.41, 5.74) is 5.62. The van der Waals surface area contributed by atoms with Gasteiger partial charge in [-0.1, -0.05) is 0 Å². The lowest BCUT2D eigenvalue weighted by molar-refractivity contribution is -0.385. The van der Waals surface area contributed by atoms with Crippen molar-refractivity contribution in [2.45, 2.75) is 23.8 Å². The largest absolute Gasteiger partial charge is 0.327 e. The van der Waals surface area contributed by atoms with Crippen LogP contribution >= 0.6 is 28.3 Å². The van der Waals surface area contributed by atoms with E-state index in [1.165, 1.54) is 22.5 Å². The number of rotatable bonds is 3. The second-order valence-corrected chi connectivity index (χ2v) is 7.43. The summed E-state index contributed by atoms with van der Waals surface area (Å²) in [5.74, 6) is 0. The van der Waals surface area contributed by atoms with Gasteiger partial charge >= 0.3 is 0 Å². The Labute approximate surface area is 137 Å². The zero-order valence-electron chi connectivity index (χ0n) is 10.9. The number of halogens is 2. The monoisotopic (exact) mass is 399 g/mol. The summed E-state index contributed by atoms with van der Waals surface area (Å²) < 4.78 is 26.4. The average Bonchev–Trinajstić information content (AvgIpc) is 2.38. The molecule has 1 aliphatic heterocycles. The van der Waals surface area contributed by atoms with Crippen LogP contribution in [0.2, 0.25) is 0 Å². The number of nitro benzene ring substituents is 1. The number of hydrogen-bond donors (Lipinski definition) is 1. The second-order valence-electron chi connectivity index (χ2n) is 4.64. The summed E-state index contributed by atoms with van der Waals surface area (Å²) in [6.07, 6.45) is 1.52. The Morgan fingerprint density at radius 3 is 2.62 bits per heavy atom. The molecule has 7 nitrogen and oxygen atoms in total. The number of sulfonamides is 1. The summed E-state index contributed by atoms with van der Waals surface area (Å²) in [7, 11) is -3.66. The first-order valence-corrected chi connectivity index (χ1v) is 8.25. The fourth-order valence-corrected chi connectivity index (χ4v) is 4.37. The van der Waals surface area contributed by atoms with Crippen LogP contribution in [0, 0.1) is 10.1 Å². The van der Waals surface area contributed by atoms with Crippen molar-refractivity contribution in [3.8, 4) is 0 Å². The van der Waals surface area contributed by atoms with Gasteiger partial charge in [-0.05, 0) is 40.9 Å². The highest BCUT2D eigenvalue weighted by Gasteiger charge is 2.29. The van der Waals surface area contributed by atoms with Crippen LogP contribution in [0.5, 0.6) is 0 Å². The number of nitro groups is 1. The molecule has 0 saturated carbocycles. The summed E-state index contributed by atoms with van der Waals surface area (Å²) in [6, 6.07) is 3.52. The highest BCUT2D eigenvalue weighted by Crippen LogP contribution is 2.29. The minimum atomic E-state index is -3.66. The molecule has 2 N–H and O–H groups in total. The van der Waals surface area contributed by atoms with Gasteiger partial charge in [-0.2, -0.15) is 4.31 Å². The van der Waals surface area contributed by atoms with E-state index in [4.69, 9.17) is 5.73 Å². The normalized spacial score (nSPS) is 19.8. The number of hydrogen-bond acceptors (Lipinski definition) is 5. The Kier molecular flexibility index (Phi) is 6.11. The summed E-state index contributed by atoms with van der Waals surface area (Å²) >= 11 is 3.03. The third-order valence-electron chi connectivity index (χ3n) is 3.17. The van der Waals surface area contributed by atoms with Crippen LogP contribution in [0.1, 0.15) is 12.8 Å². The third kappa shape index (κ3) is 3.92. The van der Waals surface area contributed by atoms with Crippen LogP contribution in [0.15, 0.2) is 27.6 Å². The lowest BCUT2D eigenvalue weighted by Crippen LogP contribution is -2.45. The Hall–Kier alpha value is -0.740. The van der Waals surface area contributed by atoms with E-state index in [-0.39, 0.29) is 40.0 Å². The first kappa shape index (κ1) is 18.3. The SMILES string of the molecule is Cl.NC1CCCN(S(=O)(=O)c2ccc([N+](=O)[O-])c(Br)c2)C1. The molecule has 1 aromatic carbocycles. The molecular formula is C11H15BrClN3O4S. The molecule has 1 saturated heterocycles. The molecule has 10 heteroatoms. The maximum atomic E-state index is 12.4. The van der Waals surface area contributed by atoms with Gasteiger partial charge in [-0.3, -0.25) is 10.1 Å². The van der Waals surface area contributed by atoms with Crippen molar-refractivity contribution >= 4 is 44.0 Å². The lowest BCUT2D eigenvalue weighted by atomic mass is 10.1. The number of piperidine rings is 1. The van der Waals surface area contributed by atoms with Gasteiger partial charge < -0.3 is 5.73 Å². The van der Waals surface area contributed by atoms with E-state index in [9.17, 15) is 18.5 Å². The van der Waals surface area contributed by atoms with Gasteiger partial charge in [0.25, 0.3) is 5.69 Å². The zero-order valence-corrected chi connectivity index (χ0v) is 14.2. The molecule has 1 aromatic rings. The molecule has 1 fully saturated rings. The molecule has 1 aliphatic rings. The van der Waals surface area contributed by atoms with Gasteiger partial charge in [0.2, 0.25) is 10.0 Å². The molecule has 1 unspecified atom stereocenters. The number of benzene rings is 1. The molecule has 2 rings (SSSR count). The fraction of sp³-hybridized carbons (Fsp3) is 0.455. The molecular weight excluding hydrogens is 386 g/mol. The van der Waals surface area contributed by atoms with Crippen LogP contribution in [-0.4, -0.2) is 36.8 Å². The maximum Gasteiger partial charge on any atom is 0.283 e. The highest BCUT2D eigenvalue weighted by atomic mass is 79.9. The molecule has 0 aliphatic carbocycles. The van der Waals surface area contributed by atoms with Crippen LogP contribution in [0.4, 0.5) is 5.69 Å². The van der Waals surface area contributed by atoms with Crippen molar-refractivity contribution < 1.29 is 13.3 Å². The first-order valence-electron chi connectivity index (χ1n) is 6.02. The average molecular weight is 401 g/mol. The van der Waals surface area contributed by atoms with Gasteiger partial charge in [-0.25, -0.2) is 8.42 Å². The van der Waals surface area contributed by atoms with Crippen LogP contribution in [0.3, 0.4) is 0 Å². The Balaban J connectivity index is 0.00000220. The predicted molar refractivity (Wildman–Crippen MR) is 84.0 cm³/mol. The lowest BCUT2D eigenvalue weighted by Gasteiger charge is -2.29. The quantitative estimate of drug-likeness (QED) is 0.616. The molecule has 1 heterocycles. The summed E-state index contributed by atoms with van der Waals surface area (Å²) in [4.78, 5) is 10.2. The molecule has 0 bridgehead atoms. The van der Waals surface area contributed by atoms with Gasteiger partial charge in [0.1, 0.15) is 0 Å². The van der Waals surface area contributed by atoms with Crippen molar-refractivity contribution in [1.82, 2.24) is 4.31 Å².